The van der Waals surface area contributed by atoms with E-state index >= 15 is 0 Å². The van der Waals surface area contributed by atoms with Crippen LogP contribution in [0.2, 0.25) is 0 Å². The molecule has 0 aliphatic rings. The zero-order chi connectivity index (χ0) is 9.97. The molecule has 4 nitrogen and oxygen atoms in total. The lowest BCUT2D eigenvalue weighted by Crippen LogP contribution is -2.01. The molecule has 0 saturated carbocycles. The van der Waals surface area contributed by atoms with Crippen molar-refractivity contribution in [3.63, 3.8) is 0 Å². The molecular weight excluding hydrogens is 178 g/mol. The third kappa shape index (κ3) is 1.46. The number of aryl methyl sites for hydroxylation is 1. The van der Waals surface area contributed by atoms with Crippen molar-refractivity contribution in [1.82, 2.24) is 15.0 Å². The first kappa shape index (κ1) is 8.74. The second-order valence-electron chi connectivity index (χ2n) is 2.99. The smallest absolute Gasteiger partial charge is 0.146 e. The monoisotopic (exact) mass is 189 g/mol. The molecule has 72 valence electrons. The van der Waals surface area contributed by atoms with Gasteiger partial charge < -0.3 is 4.74 Å². The highest BCUT2D eigenvalue weighted by molar-refractivity contribution is 5.47. The van der Waals surface area contributed by atoms with Gasteiger partial charge in [-0.25, -0.2) is 0 Å². The summed E-state index contributed by atoms with van der Waals surface area (Å²) >= 11 is 0. The highest BCUT2D eigenvalue weighted by Gasteiger charge is 2.05. The molecule has 0 atom stereocenters. The number of ether oxygens (including phenoxy) is 1. The molecule has 0 bridgehead atoms. The van der Waals surface area contributed by atoms with E-state index in [4.69, 9.17) is 4.74 Å². The summed E-state index contributed by atoms with van der Waals surface area (Å²) in [6.45, 7) is 2.02. The molecule has 1 aromatic carbocycles. The van der Waals surface area contributed by atoms with Crippen LogP contribution >= 0.6 is 0 Å². The van der Waals surface area contributed by atoms with E-state index in [1.165, 1.54) is 4.80 Å². The molecule has 0 spiro atoms. The lowest BCUT2D eigenvalue weighted by molar-refractivity contribution is 0.409. The van der Waals surface area contributed by atoms with E-state index in [2.05, 4.69) is 10.2 Å². The van der Waals surface area contributed by atoms with Gasteiger partial charge in [0.05, 0.1) is 19.5 Å². The van der Waals surface area contributed by atoms with Gasteiger partial charge in [-0.1, -0.05) is 6.07 Å². The molecule has 0 unspecified atom stereocenters. The van der Waals surface area contributed by atoms with E-state index in [9.17, 15) is 0 Å². The molecule has 0 saturated heterocycles. The van der Waals surface area contributed by atoms with Gasteiger partial charge in [0.2, 0.25) is 0 Å². The van der Waals surface area contributed by atoms with Gasteiger partial charge in [-0.2, -0.15) is 10.2 Å². The Morgan fingerprint density at radius 1 is 1.21 bits per heavy atom. The molecule has 0 amide bonds. The Morgan fingerprint density at radius 2 is 1.93 bits per heavy atom. The summed E-state index contributed by atoms with van der Waals surface area (Å²) in [6.07, 6.45) is 3.28. The quantitative estimate of drug-likeness (QED) is 0.720. The SMILES string of the molecule is COc1cc(C)ccc1-n1nccn1. The van der Waals surface area contributed by atoms with Crippen LogP contribution in [-0.4, -0.2) is 22.1 Å². The molecule has 2 aromatic rings. The van der Waals surface area contributed by atoms with Gasteiger partial charge in [-0.05, 0) is 24.6 Å². The zero-order valence-corrected chi connectivity index (χ0v) is 8.14. The highest BCUT2D eigenvalue weighted by atomic mass is 16.5. The van der Waals surface area contributed by atoms with Crippen LogP contribution in [-0.2, 0) is 0 Å². The van der Waals surface area contributed by atoms with E-state index in [1.54, 1.807) is 19.5 Å². The number of hydrogen-bond acceptors (Lipinski definition) is 3. The maximum atomic E-state index is 5.25. The summed E-state index contributed by atoms with van der Waals surface area (Å²) < 4.78 is 5.25. The summed E-state index contributed by atoms with van der Waals surface area (Å²) in [5.41, 5.74) is 2.00. The van der Waals surface area contributed by atoms with Crippen molar-refractivity contribution in [2.75, 3.05) is 7.11 Å². The summed E-state index contributed by atoms with van der Waals surface area (Å²) in [7, 11) is 1.64. The molecule has 0 aliphatic heterocycles. The second-order valence-corrected chi connectivity index (χ2v) is 2.99. The van der Waals surface area contributed by atoms with Gasteiger partial charge in [0.1, 0.15) is 11.4 Å². The minimum atomic E-state index is 0.779. The number of benzene rings is 1. The fourth-order valence-electron chi connectivity index (χ4n) is 1.29. The standard InChI is InChI=1S/C10H11N3O/c1-8-3-4-9(10(7-8)14-2)13-11-5-6-12-13/h3-7H,1-2H3. The molecule has 1 heterocycles. The van der Waals surface area contributed by atoms with Crippen molar-refractivity contribution in [3.8, 4) is 11.4 Å². The molecule has 2 rings (SSSR count). The maximum absolute atomic E-state index is 5.25. The summed E-state index contributed by atoms with van der Waals surface area (Å²) in [6, 6.07) is 5.90. The Labute approximate surface area is 82.1 Å². The Kier molecular flexibility index (Phi) is 2.18. The number of rotatable bonds is 2. The lowest BCUT2D eigenvalue weighted by Gasteiger charge is -2.07. The predicted octanol–water partition coefficient (Wildman–Crippen LogP) is 1.58. The van der Waals surface area contributed by atoms with Crippen molar-refractivity contribution in [3.05, 3.63) is 36.2 Å². The van der Waals surface area contributed by atoms with E-state index in [0.717, 1.165) is 17.0 Å². The van der Waals surface area contributed by atoms with Crippen LogP contribution in [0.3, 0.4) is 0 Å². The average Bonchev–Trinajstić information content (AvgIpc) is 2.70. The fraction of sp³-hybridized carbons (Fsp3) is 0.200. The van der Waals surface area contributed by atoms with Crippen LogP contribution < -0.4 is 4.74 Å². The number of nitrogens with zero attached hydrogens (tertiary/aromatic N) is 3. The molecule has 0 aliphatic carbocycles. The number of methoxy groups -OCH3 is 1. The maximum Gasteiger partial charge on any atom is 0.146 e. The zero-order valence-electron chi connectivity index (χ0n) is 8.14. The highest BCUT2D eigenvalue weighted by Crippen LogP contribution is 2.22. The van der Waals surface area contributed by atoms with Crippen LogP contribution in [0.25, 0.3) is 5.69 Å². The first-order valence-electron chi connectivity index (χ1n) is 4.32. The molecule has 0 N–H and O–H groups in total. The third-order valence-electron chi connectivity index (χ3n) is 1.97. The molecule has 0 fully saturated rings. The molecule has 14 heavy (non-hydrogen) atoms. The Balaban J connectivity index is 2.53. The summed E-state index contributed by atoms with van der Waals surface area (Å²) in [4.78, 5) is 1.54. The Bertz CT molecular complexity index is 423. The van der Waals surface area contributed by atoms with Gasteiger partial charge in [0.25, 0.3) is 0 Å². The minimum absolute atomic E-state index is 0.779. The van der Waals surface area contributed by atoms with Crippen LogP contribution in [0.5, 0.6) is 5.75 Å². The summed E-state index contributed by atoms with van der Waals surface area (Å²) in [5, 5.41) is 8.10. The van der Waals surface area contributed by atoms with Gasteiger partial charge in [-0.3, -0.25) is 0 Å². The topological polar surface area (TPSA) is 39.9 Å². The van der Waals surface area contributed by atoms with Gasteiger partial charge in [-0.15, -0.1) is 4.80 Å². The third-order valence-corrected chi connectivity index (χ3v) is 1.97. The predicted molar refractivity (Wildman–Crippen MR) is 52.6 cm³/mol. The van der Waals surface area contributed by atoms with E-state index < -0.39 is 0 Å². The van der Waals surface area contributed by atoms with Crippen LogP contribution in [0, 0.1) is 6.92 Å². The minimum Gasteiger partial charge on any atom is -0.494 e. The first-order chi connectivity index (χ1) is 6.81. The molecule has 0 radical (unpaired) electrons. The van der Waals surface area contributed by atoms with Gasteiger partial charge in [0, 0.05) is 0 Å². The Hall–Kier alpha value is -1.84. The van der Waals surface area contributed by atoms with Crippen molar-refractivity contribution < 1.29 is 4.74 Å². The molecule has 1 aromatic heterocycles. The second kappa shape index (κ2) is 3.49. The Morgan fingerprint density at radius 3 is 2.57 bits per heavy atom. The van der Waals surface area contributed by atoms with Crippen LogP contribution in [0.1, 0.15) is 5.56 Å². The van der Waals surface area contributed by atoms with Crippen LogP contribution in [0.4, 0.5) is 0 Å². The molecular formula is C10H11N3O. The van der Waals surface area contributed by atoms with E-state index in [-0.39, 0.29) is 0 Å². The van der Waals surface area contributed by atoms with Crippen molar-refractivity contribution in [2.24, 2.45) is 0 Å². The number of aromatic nitrogens is 3. The van der Waals surface area contributed by atoms with Crippen molar-refractivity contribution in [1.29, 1.82) is 0 Å². The summed E-state index contributed by atoms with van der Waals surface area (Å²) in [5.74, 6) is 0.779. The van der Waals surface area contributed by atoms with E-state index in [1.807, 2.05) is 25.1 Å². The largest absolute Gasteiger partial charge is 0.494 e. The lowest BCUT2D eigenvalue weighted by atomic mass is 10.2. The molecule has 4 heteroatoms. The van der Waals surface area contributed by atoms with Gasteiger partial charge >= 0.3 is 0 Å². The normalized spacial score (nSPS) is 10.1. The number of hydrogen-bond donors (Lipinski definition) is 0. The van der Waals surface area contributed by atoms with Crippen molar-refractivity contribution >= 4 is 0 Å². The van der Waals surface area contributed by atoms with Gasteiger partial charge in [0.15, 0.2) is 0 Å². The fourth-order valence-corrected chi connectivity index (χ4v) is 1.29. The average molecular weight is 189 g/mol. The first-order valence-corrected chi connectivity index (χ1v) is 4.32. The van der Waals surface area contributed by atoms with Crippen LogP contribution in [0.15, 0.2) is 30.6 Å². The van der Waals surface area contributed by atoms with Crippen molar-refractivity contribution in [2.45, 2.75) is 6.92 Å². The van der Waals surface area contributed by atoms with E-state index in [0.29, 0.717) is 0 Å².